The van der Waals surface area contributed by atoms with Crippen LogP contribution in [0.2, 0.25) is 0 Å². The Labute approximate surface area is 121 Å². The number of benzene rings is 1. The van der Waals surface area contributed by atoms with Crippen molar-refractivity contribution in [1.29, 1.82) is 0 Å². The van der Waals surface area contributed by atoms with E-state index in [0.717, 1.165) is 25.2 Å². The van der Waals surface area contributed by atoms with Crippen LogP contribution >= 0.6 is 0 Å². The quantitative estimate of drug-likeness (QED) is 0.846. The van der Waals surface area contributed by atoms with Crippen molar-refractivity contribution in [2.45, 2.75) is 24.3 Å². The highest BCUT2D eigenvalue weighted by molar-refractivity contribution is 7.89. The van der Waals surface area contributed by atoms with Gasteiger partial charge in [-0.1, -0.05) is 12.1 Å². The summed E-state index contributed by atoms with van der Waals surface area (Å²) < 4.78 is 26.3. The second-order valence-corrected chi connectivity index (χ2v) is 7.27. The number of nitrogens with two attached hydrogens (primary N) is 1. The minimum absolute atomic E-state index is 0.332. The molecule has 2 N–H and O–H groups in total. The van der Waals surface area contributed by atoms with Crippen LogP contribution in [0.3, 0.4) is 0 Å². The van der Waals surface area contributed by atoms with Crippen molar-refractivity contribution in [1.82, 2.24) is 9.21 Å². The van der Waals surface area contributed by atoms with Gasteiger partial charge in [-0.3, -0.25) is 0 Å². The molecule has 5 nitrogen and oxygen atoms in total. The molecule has 0 atom stereocenters. The molecule has 20 heavy (non-hydrogen) atoms. The first-order valence-corrected chi connectivity index (χ1v) is 8.46. The Kier molecular flexibility index (Phi) is 5.15. The molecule has 1 aliphatic rings. The highest BCUT2D eigenvalue weighted by Gasteiger charge is 2.21. The molecule has 0 aromatic heterocycles. The van der Waals surface area contributed by atoms with E-state index < -0.39 is 10.0 Å². The average Bonchev–Trinajstić information content (AvgIpc) is 2.98. The van der Waals surface area contributed by atoms with Crippen molar-refractivity contribution in [3.8, 4) is 0 Å². The van der Waals surface area contributed by atoms with E-state index in [9.17, 15) is 8.42 Å². The maximum Gasteiger partial charge on any atom is 0.242 e. The van der Waals surface area contributed by atoms with Crippen LogP contribution in [0.1, 0.15) is 18.4 Å². The third kappa shape index (κ3) is 3.58. The number of hydrogen-bond donors (Lipinski definition) is 1. The van der Waals surface area contributed by atoms with Crippen LogP contribution in [-0.4, -0.2) is 50.8 Å². The zero-order valence-electron chi connectivity index (χ0n) is 12.0. The van der Waals surface area contributed by atoms with Gasteiger partial charge in [0.2, 0.25) is 10.0 Å². The minimum atomic E-state index is -3.39. The molecule has 0 bridgehead atoms. The lowest BCUT2D eigenvalue weighted by Crippen LogP contribution is -2.35. The molecule has 112 valence electrons. The summed E-state index contributed by atoms with van der Waals surface area (Å²) in [4.78, 5) is 2.64. The van der Waals surface area contributed by atoms with Crippen LogP contribution in [0, 0.1) is 0 Å². The summed E-state index contributed by atoms with van der Waals surface area (Å²) in [7, 11) is -1.75. The normalized spacial score (nSPS) is 16.9. The van der Waals surface area contributed by atoms with Gasteiger partial charge in [0.25, 0.3) is 0 Å². The van der Waals surface area contributed by atoms with E-state index in [4.69, 9.17) is 5.73 Å². The van der Waals surface area contributed by atoms with Gasteiger partial charge in [-0.25, -0.2) is 8.42 Å². The molecule has 0 spiro atoms. The van der Waals surface area contributed by atoms with Gasteiger partial charge < -0.3 is 10.6 Å². The Morgan fingerprint density at radius 3 is 2.35 bits per heavy atom. The van der Waals surface area contributed by atoms with Gasteiger partial charge in [0, 0.05) is 26.7 Å². The van der Waals surface area contributed by atoms with E-state index >= 15 is 0 Å². The number of likely N-dealkylation sites (tertiary alicyclic amines) is 1. The number of rotatable bonds is 6. The lowest BCUT2D eigenvalue weighted by Gasteiger charge is -2.21. The first-order valence-electron chi connectivity index (χ1n) is 7.02. The van der Waals surface area contributed by atoms with Crippen LogP contribution in [0.4, 0.5) is 0 Å². The molecule has 2 rings (SSSR count). The topological polar surface area (TPSA) is 66.6 Å². The third-order valence-corrected chi connectivity index (χ3v) is 5.67. The molecule has 0 unspecified atom stereocenters. The fourth-order valence-electron chi connectivity index (χ4n) is 2.39. The summed E-state index contributed by atoms with van der Waals surface area (Å²) in [5.41, 5.74) is 6.45. The summed E-state index contributed by atoms with van der Waals surface area (Å²) in [6, 6.07) is 6.79. The van der Waals surface area contributed by atoms with E-state index in [1.807, 2.05) is 0 Å². The Morgan fingerprint density at radius 2 is 1.80 bits per heavy atom. The van der Waals surface area contributed by atoms with Crippen LogP contribution in [0.15, 0.2) is 29.2 Å². The molecule has 0 radical (unpaired) electrons. The maximum atomic E-state index is 12.4. The summed E-state index contributed by atoms with van der Waals surface area (Å²) in [5.74, 6) is 0. The third-order valence-electron chi connectivity index (χ3n) is 3.80. The summed E-state index contributed by atoms with van der Waals surface area (Å²) in [6.45, 7) is 3.92. The largest absolute Gasteiger partial charge is 0.326 e. The molecule has 0 aliphatic carbocycles. The summed E-state index contributed by atoms with van der Waals surface area (Å²) >= 11 is 0. The van der Waals surface area contributed by atoms with Crippen molar-refractivity contribution in [3.63, 3.8) is 0 Å². The lowest BCUT2D eigenvalue weighted by molar-refractivity contribution is 0.310. The minimum Gasteiger partial charge on any atom is -0.326 e. The van der Waals surface area contributed by atoms with Crippen LogP contribution in [0.25, 0.3) is 0 Å². The van der Waals surface area contributed by atoms with Crippen molar-refractivity contribution < 1.29 is 8.42 Å². The molecular weight excluding hydrogens is 274 g/mol. The Morgan fingerprint density at radius 1 is 1.20 bits per heavy atom. The van der Waals surface area contributed by atoms with Crippen LogP contribution < -0.4 is 5.73 Å². The van der Waals surface area contributed by atoms with E-state index in [1.165, 1.54) is 17.1 Å². The molecule has 6 heteroatoms. The molecule has 1 aromatic rings. The van der Waals surface area contributed by atoms with Crippen LogP contribution in [-0.2, 0) is 16.6 Å². The fraction of sp³-hybridized carbons (Fsp3) is 0.571. The Hall–Kier alpha value is -0.950. The van der Waals surface area contributed by atoms with Gasteiger partial charge in [0.05, 0.1) is 4.90 Å². The highest BCUT2D eigenvalue weighted by atomic mass is 32.2. The van der Waals surface area contributed by atoms with Crippen molar-refractivity contribution >= 4 is 10.0 Å². The first-order chi connectivity index (χ1) is 9.54. The number of nitrogens with zero attached hydrogens (tertiary/aromatic N) is 2. The zero-order valence-corrected chi connectivity index (χ0v) is 12.8. The second kappa shape index (κ2) is 6.67. The van der Waals surface area contributed by atoms with Crippen molar-refractivity contribution in [3.05, 3.63) is 29.8 Å². The summed E-state index contributed by atoms with van der Waals surface area (Å²) in [5, 5.41) is 0. The van der Waals surface area contributed by atoms with Gasteiger partial charge in [-0.15, -0.1) is 0 Å². The molecule has 1 aromatic carbocycles. The monoisotopic (exact) mass is 297 g/mol. The predicted molar refractivity (Wildman–Crippen MR) is 79.8 cm³/mol. The van der Waals surface area contributed by atoms with E-state index in [0.29, 0.717) is 18.0 Å². The zero-order chi connectivity index (χ0) is 14.6. The molecule has 1 heterocycles. The number of sulfonamides is 1. The fourth-order valence-corrected chi connectivity index (χ4v) is 3.55. The maximum absolute atomic E-state index is 12.4. The molecular formula is C14H23N3O2S. The average molecular weight is 297 g/mol. The van der Waals surface area contributed by atoms with E-state index in [2.05, 4.69) is 4.90 Å². The standard InChI is InChI=1S/C14H23N3O2S/c1-16(10-11-17-8-2-3-9-17)20(18,19)14-6-4-13(12-15)5-7-14/h4-7H,2-3,8-12,15H2,1H3. The van der Waals surface area contributed by atoms with Gasteiger partial charge in [0.15, 0.2) is 0 Å². The SMILES string of the molecule is CN(CCN1CCCC1)S(=O)(=O)c1ccc(CN)cc1. The van der Waals surface area contributed by atoms with E-state index in [1.54, 1.807) is 31.3 Å². The highest BCUT2D eigenvalue weighted by Crippen LogP contribution is 2.15. The van der Waals surface area contributed by atoms with Gasteiger partial charge in [-0.05, 0) is 43.6 Å². The first kappa shape index (κ1) is 15.4. The second-order valence-electron chi connectivity index (χ2n) is 5.22. The molecule has 0 saturated carbocycles. The smallest absolute Gasteiger partial charge is 0.242 e. The molecule has 1 fully saturated rings. The van der Waals surface area contributed by atoms with Gasteiger partial charge >= 0.3 is 0 Å². The Balaban J connectivity index is 2.00. The van der Waals surface area contributed by atoms with Crippen molar-refractivity contribution in [2.24, 2.45) is 5.73 Å². The Bertz CT molecular complexity index is 522. The predicted octanol–water partition coefficient (Wildman–Crippen LogP) is 0.862. The number of likely N-dealkylation sites (N-methyl/N-ethyl adjacent to an activating group) is 1. The van der Waals surface area contributed by atoms with Crippen molar-refractivity contribution in [2.75, 3.05) is 33.2 Å². The lowest BCUT2D eigenvalue weighted by atomic mass is 10.2. The number of hydrogen-bond acceptors (Lipinski definition) is 4. The molecule has 0 amide bonds. The van der Waals surface area contributed by atoms with Gasteiger partial charge in [-0.2, -0.15) is 4.31 Å². The van der Waals surface area contributed by atoms with E-state index in [-0.39, 0.29) is 0 Å². The molecule has 1 aliphatic heterocycles. The van der Waals surface area contributed by atoms with Crippen LogP contribution in [0.5, 0.6) is 0 Å². The molecule has 1 saturated heterocycles. The van der Waals surface area contributed by atoms with Gasteiger partial charge in [0.1, 0.15) is 0 Å². The summed E-state index contributed by atoms with van der Waals surface area (Å²) in [6.07, 6.45) is 2.44.